The topological polar surface area (TPSA) is 183 Å². The van der Waals surface area contributed by atoms with Crippen LogP contribution in [-0.4, -0.2) is 112 Å². The van der Waals surface area contributed by atoms with E-state index in [0.717, 1.165) is 87.9 Å². The minimum atomic E-state index is -0.653. The number of likely N-dealkylation sites (N-methyl/N-ethyl adjacent to an activating group) is 1. The highest BCUT2D eigenvalue weighted by molar-refractivity contribution is 6.02. The molecule has 2 aromatic carbocycles. The highest BCUT2D eigenvalue weighted by Gasteiger charge is 2.37. The number of rotatable bonds is 8. The number of anilines is 3. The van der Waals surface area contributed by atoms with E-state index in [1.807, 2.05) is 30.1 Å². The molecule has 4 saturated heterocycles. The number of hydrogen-bond donors (Lipinski definition) is 3. The predicted octanol–water partition coefficient (Wildman–Crippen LogP) is 3.66. The molecule has 5 amide bonds. The molecule has 0 bridgehead atoms. The van der Waals surface area contributed by atoms with Gasteiger partial charge in [0.25, 0.3) is 5.91 Å². The molecule has 4 N–H and O–H groups in total. The van der Waals surface area contributed by atoms with Gasteiger partial charge < -0.3 is 30.3 Å². The Morgan fingerprint density at radius 1 is 0.945 bits per heavy atom. The average Bonchev–Trinajstić information content (AvgIpc) is 3.92. The second-order valence-electron chi connectivity index (χ2n) is 15.7. The number of urea groups is 1. The number of aromatic nitrogens is 3. The number of nitrogens with zero attached hydrogens (tertiary/aromatic N) is 7. The Morgan fingerprint density at radius 3 is 2.51 bits per heavy atom. The number of primary amides is 1. The number of fused-ring (bicyclic) bond motifs is 3. The smallest absolute Gasteiger partial charge is 0.320 e. The highest BCUT2D eigenvalue weighted by Crippen LogP contribution is 2.39. The molecule has 286 valence electrons. The zero-order valence-corrected chi connectivity index (χ0v) is 31.0. The molecule has 4 aliphatic heterocycles. The number of imide groups is 1. The van der Waals surface area contributed by atoms with Gasteiger partial charge in [-0.25, -0.2) is 14.8 Å². The molecule has 4 aromatic rings. The van der Waals surface area contributed by atoms with Gasteiger partial charge >= 0.3 is 6.03 Å². The van der Waals surface area contributed by atoms with E-state index in [1.54, 1.807) is 11.1 Å². The quantitative estimate of drug-likeness (QED) is 0.224. The van der Waals surface area contributed by atoms with Crippen LogP contribution in [0.25, 0.3) is 11.0 Å². The lowest BCUT2D eigenvalue weighted by atomic mass is 9.88. The lowest BCUT2D eigenvalue weighted by Gasteiger charge is -2.37. The van der Waals surface area contributed by atoms with Crippen molar-refractivity contribution in [3.8, 4) is 0 Å². The first-order chi connectivity index (χ1) is 26.7. The van der Waals surface area contributed by atoms with Crippen LogP contribution in [-0.2, 0) is 22.4 Å². The fraction of sp³-hybridized carbons (Fsp3) is 0.475. The standard InChI is InChI=1S/C40H46N10O5/c1-47-17-18-50(40(47)54)27-3-2-14-49(22-27)32-21-42-35(37(41)52)38(44-32)43-26-7-4-23(5-8-26)24-12-15-48(16-13-24)28-19-25-6-9-29-34(46-55-36(29)31(25)20-28)30-10-11-33(51)45-39(30)53/h4-9,21,24,27-28,30H,2-3,10-20,22H2,1H3,(H2,41,52)(H,43,44)(H,45,51,53)/t27-,28?,30?/m1/s1. The summed E-state index contributed by atoms with van der Waals surface area (Å²) in [7, 11) is 1.84. The van der Waals surface area contributed by atoms with Crippen LogP contribution in [0.2, 0.25) is 0 Å². The van der Waals surface area contributed by atoms with Crippen LogP contribution in [0.15, 0.2) is 47.1 Å². The van der Waals surface area contributed by atoms with Crippen LogP contribution in [0.5, 0.6) is 0 Å². The molecule has 0 saturated carbocycles. The number of carbonyl (C=O) groups is 4. The molecule has 9 rings (SSSR count). The molecule has 0 radical (unpaired) electrons. The highest BCUT2D eigenvalue weighted by atomic mass is 16.5. The van der Waals surface area contributed by atoms with E-state index in [9.17, 15) is 19.2 Å². The Balaban J connectivity index is 0.825. The van der Waals surface area contributed by atoms with Crippen molar-refractivity contribution in [1.29, 1.82) is 0 Å². The normalized spacial score (nSPS) is 23.8. The number of nitrogens with one attached hydrogen (secondary N) is 2. The number of likely N-dealkylation sites (tertiary alicyclic amines) is 1. The van der Waals surface area contributed by atoms with Crippen molar-refractivity contribution in [1.82, 2.24) is 35.1 Å². The summed E-state index contributed by atoms with van der Waals surface area (Å²) in [5, 5.41) is 10.9. The lowest BCUT2D eigenvalue weighted by molar-refractivity contribution is -0.134. The molecule has 5 aliphatic rings. The molecule has 4 fully saturated rings. The van der Waals surface area contributed by atoms with Crippen LogP contribution in [0.1, 0.15) is 83.2 Å². The maximum atomic E-state index is 12.7. The summed E-state index contributed by atoms with van der Waals surface area (Å²) in [6, 6.07) is 13.1. The van der Waals surface area contributed by atoms with Crippen molar-refractivity contribution in [3.05, 3.63) is 70.7 Å². The van der Waals surface area contributed by atoms with E-state index < -0.39 is 11.8 Å². The minimum Gasteiger partial charge on any atom is -0.364 e. The van der Waals surface area contributed by atoms with E-state index in [4.69, 9.17) is 15.2 Å². The largest absolute Gasteiger partial charge is 0.364 e. The molecular formula is C40H46N10O5. The van der Waals surface area contributed by atoms with Crippen LogP contribution in [0, 0.1) is 0 Å². The summed E-state index contributed by atoms with van der Waals surface area (Å²) in [4.78, 5) is 67.0. The van der Waals surface area contributed by atoms with Gasteiger partial charge in [-0.15, -0.1) is 0 Å². The molecule has 15 heteroatoms. The molecule has 6 heterocycles. The first-order valence-electron chi connectivity index (χ1n) is 19.5. The lowest BCUT2D eigenvalue weighted by Crippen LogP contribution is -2.49. The molecule has 0 spiro atoms. The van der Waals surface area contributed by atoms with E-state index >= 15 is 0 Å². The number of piperidine rings is 3. The Labute approximate surface area is 318 Å². The van der Waals surface area contributed by atoms with E-state index in [0.29, 0.717) is 48.7 Å². The molecule has 3 atom stereocenters. The summed E-state index contributed by atoms with van der Waals surface area (Å²) in [5.74, 6) is -0.266. The van der Waals surface area contributed by atoms with Crippen molar-refractivity contribution < 1.29 is 23.7 Å². The first-order valence-corrected chi connectivity index (χ1v) is 19.5. The van der Waals surface area contributed by atoms with Gasteiger partial charge in [0.2, 0.25) is 11.8 Å². The van der Waals surface area contributed by atoms with Gasteiger partial charge in [-0.2, -0.15) is 0 Å². The Bertz CT molecular complexity index is 2160. The van der Waals surface area contributed by atoms with E-state index in [1.165, 1.54) is 16.7 Å². The molecule has 2 aromatic heterocycles. The van der Waals surface area contributed by atoms with Crippen LogP contribution < -0.4 is 21.3 Å². The third-order valence-corrected chi connectivity index (χ3v) is 12.4. The molecular weight excluding hydrogens is 701 g/mol. The summed E-state index contributed by atoms with van der Waals surface area (Å²) >= 11 is 0. The SMILES string of the molecule is CN1CCN([C@@H]2CCCN(c3cnc(C(N)=O)c(Nc4ccc(C5CCN(C6Cc7ccc8c(C9CCC(=O)NC9=O)noc8c7C6)CC5)cc4)n3)C2)C1=O. The number of nitrogens with two attached hydrogens (primary N) is 1. The zero-order chi connectivity index (χ0) is 37.8. The van der Waals surface area contributed by atoms with E-state index in [2.05, 4.69) is 48.8 Å². The third kappa shape index (κ3) is 6.64. The Hall–Kier alpha value is -5.57. The van der Waals surface area contributed by atoms with Crippen LogP contribution in [0.4, 0.5) is 22.1 Å². The minimum absolute atomic E-state index is 0.0666. The summed E-state index contributed by atoms with van der Waals surface area (Å²) in [6.07, 6.45) is 8.15. The predicted molar refractivity (Wildman–Crippen MR) is 204 cm³/mol. The van der Waals surface area contributed by atoms with Crippen LogP contribution >= 0.6 is 0 Å². The van der Waals surface area contributed by atoms with Gasteiger partial charge in [0.15, 0.2) is 17.1 Å². The zero-order valence-electron chi connectivity index (χ0n) is 31.0. The molecule has 2 unspecified atom stereocenters. The molecule has 15 nitrogen and oxygen atoms in total. The van der Waals surface area contributed by atoms with Gasteiger partial charge in [0, 0.05) is 62.3 Å². The van der Waals surface area contributed by atoms with Crippen molar-refractivity contribution in [3.63, 3.8) is 0 Å². The number of amides is 5. The van der Waals surface area contributed by atoms with Crippen LogP contribution in [0.3, 0.4) is 0 Å². The first kappa shape index (κ1) is 35.2. The third-order valence-electron chi connectivity index (χ3n) is 12.4. The van der Waals surface area contributed by atoms with Crippen molar-refractivity contribution in [2.45, 2.75) is 75.3 Å². The molecule has 55 heavy (non-hydrogen) atoms. The average molecular weight is 747 g/mol. The number of benzene rings is 2. The molecule has 1 aliphatic carbocycles. The number of hydrogen-bond acceptors (Lipinski definition) is 11. The maximum Gasteiger partial charge on any atom is 0.320 e. The fourth-order valence-electron chi connectivity index (χ4n) is 9.36. The van der Waals surface area contributed by atoms with Gasteiger partial charge in [0.1, 0.15) is 11.5 Å². The van der Waals surface area contributed by atoms with E-state index in [-0.39, 0.29) is 29.6 Å². The fourth-order valence-corrected chi connectivity index (χ4v) is 9.36. The second kappa shape index (κ2) is 14.3. The van der Waals surface area contributed by atoms with Gasteiger partial charge in [-0.05, 0) is 93.3 Å². The summed E-state index contributed by atoms with van der Waals surface area (Å²) in [5.41, 5.74) is 11.7. The maximum absolute atomic E-state index is 12.7. The Kier molecular flexibility index (Phi) is 9.11. The van der Waals surface area contributed by atoms with Gasteiger partial charge in [-0.1, -0.05) is 23.4 Å². The monoisotopic (exact) mass is 746 g/mol. The van der Waals surface area contributed by atoms with Gasteiger partial charge in [-0.3, -0.25) is 24.6 Å². The van der Waals surface area contributed by atoms with Crippen molar-refractivity contribution >= 4 is 52.0 Å². The van der Waals surface area contributed by atoms with Gasteiger partial charge in [0.05, 0.1) is 18.2 Å². The summed E-state index contributed by atoms with van der Waals surface area (Å²) in [6.45, 7) is 4.89. The second-order valence-corrected chi connectivity index (χ2v) is 15.7. The Morgan fingerprint density at radius 2 is 1.76 bits per heavy atom. The van der Waals surface area contributed by atoms with Crippen molar-refractivity contribution in [2.24, 2.45) is 5.73 Å². The van der Waals surface area contributed by atoms with Crippen molar-refractivity contribution in [2.75, 3.05) is 56.5 Å². The number of carbonyl (C=O) groups excluding carboxylic acids is 4. The summed E-state index contributed by atoms with van der Waals surface area (Å²) < 4.78 is 5.87.